The quantitative estimate of drug-likeness (QED) is 0.273. The number of ether oxygens (including phenoxy) is 3. The van der Waals surface area contributed by atoms with Crippen LogP contribution in [-0.4, -0.2) is 61.8 Å². The molecule has 4 atom stereocenters. The number of aliphatic hydroxyl groups excluding tert-OH is 1. The fourth-order valence-electron chi connectivity index (χ4n) is 4.43. The second-order valence-corrected chi connectivity index (χ2v) is 9.41. The lowest BCUT2D eigenvalue weighted by Crippen LogP contribution is -2.59. The molecule has 3 aromatic rings. The molecule has 1 unspecified atom stereocenters. The lowest BCUT2D eigenvalue weighted by molar-refractivity contribution is -0.223. The molecule has 0 spiro atoms. The van der Waals surface area contributed by atoms with Crippen molar-refractivity contribution in [1.29, 1.82) is 0 Å². The monoisotopic (exact) mass is 545 g/mol. The third-order valence-electron chi connectivity index (χ3n) is 6.55. The van der Waals surface area contributed by atoms with Crippen LogP contribution in [0.15, 0.2) is 91.5 Å². The number of hydrogen-bond donors (Lipinski definition) is 4. The van der Waals surface area contributed by atoms with Crippen molar-refractivity contribution in [2.24, 2.45) is 0 Å². The highest BCUT2D eigenvalue weighted by Gasteiger charge is 2.39. The molecular weight excluding hydrogens is 510 g/mol. The van der Waals surface area contributed by atoms with Crippen LogP contribution >= 0.6 is 0 Å². The average Bonchev–Trinajstić information content (AvgIpc) is 3.00. The largest absolute Gasteiger partial charge is 0.497 e. The summed E-state index contributed by atoms with van der Waals surface area (Å²) < 4.78 is 16.9. The molecule has 0 aromatic heterocycles. The van der Waals surface area contributed by atoms with Gasteiger partial charge in [0.2, 0.25) is 0 Å². The summed E-state index contributed by atoms with van der Waals surface area (Å²) in [4.78, 5) is 25.5. The Labute approximate surface area is 234 Å². The van der Waals surface area contributed by atoms with E-state index in [1.165, 1.54) is 0 Å². The molecule has 9 heteroatoms. The Morgan fingerprint density at radius 2 is 1.77 bits per heavy atom. The molecule has 3 aromatic carbocycles. The molecule has 1 fully saturated rings. The van der Waals surface area contributed by atoms with E-state index in [0.717, 1.165) is 22.4 Å². The number of methoxy groups -OCH3 is 1. The smallest absolute Gasteiger partial charge is 0.315 e. The van der Waals surface area contributed by atoms with Crippen LogP contribution in [-0.2, 0) is 16.0 Å². The summed E-state index contributed by atoms with van der Waals surface area (Å²) in [7, 11) is 1.60. The normalized spacial score (nSPS) is 20.2. The zero-order valence-corrected chi connectivity index (χ0v) is 22.4. The Hall–Kier alpha value is -4.18. The molecule has 4 rings (SSSR count). The highest BCUT2D eigenvalue weighted by molar-refractivity contribution is 5.95. The summed E-state index contributed by atoms with van der Waals surface area (Å²) in [6, 6.07) is 23.2. The van der Waals surface area contributed by atoms with Crippen LogP contribution in [0.25, 0.3) is 11.1 Å². The molecular formula is C31H35N3O6. The molecule has 1 aliphatic heterocycles. The molecule has 0 aliphatic carbocycles. The van der Waals surface area contributed by atoms with Gasteiger partial charge in [0.05, 0.1) is 25.9 Å². The number of benzene rings is 3. The topological polar surface area (TPSA) is 118 Å². The van der Waals surface area contributed by atoms with Crippen molar-refractivity contribution in [3.8, 4) is 16.9 Å². The maximum absolute atomic E-state index is 13.2. The number of amides is 3. The van der Waals surface area contributed by atoms with Crippen molar-refractivity contribution in [3.63, 3.8) is 0 Å². The second kappa shape index (κ2) is 14.3. The number of hydrogen-bond acceptors (Lipinski definition) is 6. The Bertz CT molecular complexity index is 1270. The molecule has 0 saturated carbocycles. The van der Waals surface area contributed by atoms with Gasteiger partial charge in [0.15, 0.2) is 6.29 Å². The first-order valence-electron chi connectivity index (χ1n) is 13.1. The maximum Gasteiger partial charge on any atom is 0.315 e. The highest BCUT2D eigenvalue weighted by Crippen LogP contribution is 2.23. The summed E-state index contributed by atoms with van der Waals surface area (Å²) in [5, 5.41) is 19.4. The highest BCUT2D eigenvalue weighted by atomic mass is 16.7. The predicted octanol–water partition coefficient (Wildman–Crippen LogP) is 3.64. The number of rotatable bonds is 11. The fraction of sp³-hybridized carbons (Fsp3) is 0.290. The molecule has 9 nitrogen and oxygen atoms in total. The van der Waals surface area contributed by atoms with Crippen molar-refractivity contribution in [2.75, 3.05) is 20.3 Å². The van der Waals surface area contributed by atoms with E-state index in [-0.39, 0.29) is 31.5 Å². The van der Waals surface area contributed by atoms with Gasteiger partial charge in [0.1, 0.15) is 11.8 Å². The summed E-state index contributed by atoms with van der Waals surface area (Å²) in [5.74, 6) is 0.386. The molecule has 0 radical (unpaired) electrons. The number of nitrogens with one attached hydrogen (secondary N) is 3. The van der Waals surface area contributed by atoms with Crippen LogP contribution in [0.4, 0.5) is 4.79 Å². The van der Waals surface area contributed by atoms with E-state index in [1.54, 1.807) is 25.3 Å². The third kappa shape index (κ3) is 7.92. The maximum atomic E-state index is 13.2. The molecule has 3 amide bonds. The van der Waals surface area contributed by atoms with Gasteiger partial charge in [-0.05, 0) is 41.0 Å². The summed E-state index contributed by atoms with van der Waals surface area (Å²) in [6.07, 6.45) is -0.656. The molecule has 1 aliphatic rings. The average molecular weight is 546 g/mol. The van der Waals surface area contributed by atoms with Gasteiger partial charge >= 0.3 is 6.03 Å². The first-order chi connectivity index (χ1) is 19.5. The Morgan fingerprint density at radius 1 is 1.02 bits per heavy atom. The number of urea groups is 1. The van der Waals surface area contributed by atoms with Crippen LogP contribution in [0.1, 0.15) is 22.3 Å². The minimum absolute atomic E-state index is 0.152. The minimum atomic E-state index is -0.959. The Kier molecular flexibility index (Phi) is 10.3. The van der Waals surface area contributed by atoms with E-state index in [9.17, 15) is 14.7 Å². The number of carbonyl (C=O) groups excluding carboxylic acids is 2. The van der Waals surface area contributed by atoms with E-state index in [1.807, 2.05) is 66.7 Å². The third-order valence-corrected chi connectivity index (χ3v) is 6.55. The first kappa shape index (κ1) is 28.8. The molecule has 0 bridgehead atoms. The van der Waals surface area contributed by atoms with Crippen LogP contribution in [0.5, 0.6) is 5.75 Å². The van der Waals surface area contributed by atoms with E-state index < -0.39 is 24.5 Å². The fourth-order valence-corrected chi connectivity index (χ4v) is 4.43. The zero-order valence-electron chi connectivity index (χ0n) is 22.4. The van der Waals surface area contributed by atoms with Gasteiger partial charge in [-0.15, -0.1) is 6.58 Å². The van der Waals surface area contributed by atoms with Crippen molar-refractivity contribution in [3.05, 3.63) is 103 Å². The zero-order chi connectivity index (χ0) is 28.3. The van der Waals surface area contributed by atoms with Gasteiger partial charge in [-0.25, -0.2) is 4.79 Å². The van der Waals surface area contributed by atoms with Crippen molar-refractivity contribution >= 4 is 11.9 Å². The number of aliphatic hydroxyl groups is 1. The van der Waals surface area contributed by atoms with Crippen LogP contribution < -0.4 is 20.7 Å². The minimum Gasteiger partial charge on any atom is -0.497 e. The summed E-state index contributed by atoms with van der Waals surface area (Å²) >= 11 is 0. The molecule has 210 valence electrons. The van der Waals surface area contributed by atoms with Crippen LogP contribution in [0.3, 0.4) is 0 Å². The van der Waals surface area contributed by atoms with Crippen molar-refractivity contribution in [1.82, 2.24) is 16.0 Å². The number of carbonyl (C=O) groups is 2. The van der Waals surface area contributed by atoms with Gasteiger partial charge in [0.25, 0.3) is 5.91 Å². The lowest BCUT2D eigenvalue weighted by Gasteiger charge is -2.39. The van der Waals surface area contributed by atoms with E-state index >= 15 is 0 Å². The van der Waals surface area contributed by atoms with Crippen molar-refractivity contribution < 1.29 is 28.9 Å². The molecule has 4 N–H and O–H groups in total. The predicted molar refractivity (Wildman–Crippen MR) is 152 cm³/mol. The van der Waals surface area contributed by atoms with Gasteiger partial charge in [-0.3, -0.25) is 4.79 Å². The van der Waals surface area contributed by atoms with Gasteiger partial charge < -0.3 is 35.3 Å². The first-order valence-corrected chi connectivity index (χ1v) is 13.1. The Morgan fingerprint density at radius 3 is 2.50 bits per heavy atom. The van der Waals surface area contributed by atoms with Gasteiger partial charge in [-0.1, -0.05) is 60.7 Å². The van der Waals surface area contributed by atoms with Crippen LogP contribution in [0, 0.1) is 0 Å². The molecule has 40 heavy (non-hydrogen) atoms. The summed E-state index contributed by atoms with van der Waals surface area (Å²) in [5.41, 5.74) is 3.28. The second-order valence-electron chi connectivity index (χ2n) is 9.41. The molecule has 1 saturated heterocycles. The van der Waals surface area contributed by atoms with E-state index in [0.29, 0.717) is 12.1 Å². The van der Waals surface area contributed by atoms with Crippen LogP contribution in [0.2, 0.25) is 0 Å². The van der Waals surface area contributed by atoms with Crippen molar-refractivity contribution in [2.45, 2.75) is 37.5 Å². The SMILES string of the molecule is C=CCOC1O[C@H](CNC(=O)NCc2ccc(OC)cc2)C[C@H](O)[C@H]1NC(=O)c1cccc(-c2ccccc2)c1. The molecule has 1 heterocycles. The Balaban J connectivity index is 1.33. The standard InChI is InChI=1S/C31H35N3O6/c1-3-16-39-30-28(34-29(36)24-11-7-10-23(17-24)22-8-5-4-6-9-22)27(35)18-26(40-30)20-33-31(37)32-19-21-12-14-25(38-2)15-13-21/h3-15,17,26-28,30,35H,1,16,18-20H2,2H3,(H,34,36)(H2,32,33,37)/t26-,27-,28+,30?/m0/s1. The van der Waals surface area contributed by atoms with Gasteiger partial charge in [0, 0.05) is 25.1 Å². The lowest BCUT2D eigenvalue weighted by atomic mass is 9.98. The van der Waals surface area contributed by atoms with E-state index in [4.69, 9.17) is 14.2 Å². The summed E-state index contributed by atoms with van der Waals surface area (Å²) in [6.45, 7) is 4.32. The van der Waals surface area contributed by atoms with Gasteiger partial charge in [-0.2, -0.15) is 0 Å². The van der Waals surface area contributed by atoms with E-state index in [2.05, 4.69) is 22.5 Å².